The summed E-state index contributed by atoms with van der Waals surface area (Å²) in [6.07, 6.45) is 4.55. The minimum absolute atomic E-state index is 0.340. The Labute approximate surface area is 83.1 Å². The molecule has 0 heterocycles. The standard InChI is InChI=1S/C9H17IO/c1-3-4-5-9(6-7-10)8(2)11/h9H,3-7H2,1-2H3. The number of carbonyl (C=O) groups excluding carboxylic acids is 1. The first-order valence-electron chi connectivity index (χ1n) is 4.28. The third kappa shape index (κ3) is 5.65. The molecule has 0 saturated carbocycles. The lowest BCUT2D eigenvalue weighted by atomic mass is 9.96. The molecule has 0 saturated heterocycles. The van der Waals surface area contributed by atoms with Crippen LogP contribution in [0.3, 0.4) is 0 Å². The highest BCUT2D eigenvalue weighted by Crippen LogP contribution is 2.14. The summed E-state index contributed by atoms with van der Waals surface area (Å²) < 4.78 is 1.10. The quantitative estimate of drug-likeness (QED) is 0.534. The zero-order valence-electron chi connectivity index (χ0n) is 7.40. The molecule has 0 aromatic heterocycles. The summed E-state index contributed by atoms with van der Waals surface area (Å²) in [7, 11) is 0. The van der Waals surface area contributed by atoms with Crippen molar-refractivity contribution in [1.82, 2.24) is 0 Å². The molecule has 0 radical (unpaired) electrons. The van der Waals surface area contributed by atoms with E-state index in [9.17, 15) is 4.79 Å². The van der Waals surface area contributed by atoms with Gasteiger partial charge in [0.15, 0.2) is 0 Å². The number of carbonyl (C=O) groups is 1. The van der Waals surface area contributed by atoms with Crippen LogP contribution in [0.5, 0.6) is 0 Å². The lowest BCUT2D eigenvalue weighted by Crippen LogP contribution is -2.11. The SMILES string of the molecule is CCCCC(CCI)C(C)=O. The van der Waals surface area contributed by atoms with Crippen molar-refractivity contribution in [3.05, 3.63) is 0 Å². The molecular formula is C9H17IO. The zero-order chi connectivity index (χ0) is 8.69. The number of rotatable bonds is 6. The monoisotopic (exact) mass is 268 g/mol. The van der Waals surface area contributed by atoms with Crippen molar-refractivity contribution < 1.29 is 4.79 Å². The highest BCUT2D eigenvalue weighted by Gasteiger charge is 2.11. The van der Waals surface area contributed by atoms with E-state index in [0.29, 0.717) is 11.7 Å². The smallest absolute Gasteiger partial charge is 0.132 e. The number of hydrogen-bond acceptors (Lipinski definition) is 1. The number of alkyl halides is 1. The van der Waals surface area contributed by atoms with Crippen LogP contribution in [0.1, 0.15) is 39.5 Å². The first kappa shape index (κ1) is 11.4. The molecule has 11 heavy (non-hydrogen) atoms. The van der Waals surface area contributed by atoms with Gasteiger partial charge in [0.2, 0.25) is 0 Å². The number of hydrogen-bond donors (Lipinski definition) is 0. The molecule has 1 nitrogen and oxygen atoms in total. The van der Waals surface area contributed by atoms with Crippen molar-refractivity contribution in [2.75, 3.05) is 4.43 Å². The van der Waals surface area contributed by atoms with Crippen LogP contribution in [0.2, 0.25) is 0 Å². The number of Topliss-reactive ketones (excluding diaryl/α,β-unsaturated/α-hetero) is 1. The fraction of sp³-hybridized carbons (Fsp3) is 0.889. The Morgan fingerprint density at radius 3 is 2.45 bits per heavy atom. The van der Waals surface area contributed by atoms with Crippen LogP contribution in [0.4, 0.5) is 0 Å². The van der Waals surface area contributed by atoms with Crippen LogP contribution in [0.25, 0.3) is 0 Å². The summed E-state index contributed by atoms with van der Waals surface area (Å²) >= 11 is 2.34. The van der Waals surface area contributed by atoms with Crippen molar-refractivity contribution in [2.45, 2.75) is 39.5 Å². The fourth-order valence-electron chi connectivity index (χ4n) is 1.13. The Kier molecular flexibility index (Phi) is 7.33. The molecule has 0 aromatic carbocycles. The molecule has 1 unspecified atom stereocenters. The van der Waals surface area contributed by atoms with Gasteiger partial charge in [-0.25, -0.2) is 0 Å². The summed E-state index contributed by atoms with van der Waals surface area (Å²) in [5, 5.41) is 0. The van der Waals surface area contributed by atoms with Crippen LogP contribution in [0, 0.1) is 5.92 Å². The van der Waals surface area contributed by atoms with Crippen molar-refractivity contribution in [1.29, 1.82) is 0 Å². The van der Waals surface area contributed by atoms with E-state index in [1.54, 1.807) is 6.92 Å². The van der Waals surface area contributed by atoms with E-state index in [1.165, 1.54) is 12.8 Å². The second kappa shape index (κ2) is 7.07. The Balaban J connectivity index is 3.60. The predicted octanol–water partition coefficient (Wildman–Crippen LogP) is 3.21. The molecular weight excluding hydrogens is 251 g/mol. The molecule has 0 amide bonds. The largest absolute Gasteiger partial charge is 0.300 e. The topological polar surface area (TPSA) is 17.1 Å². The number of ketones is 1. The number of unbranched alkanes of at least 4 members (excludes halogenated alkanes) is 1. The van der Waals surface area contributed by atoms with Crippen LogP contribution >= 0.6 is 22.6 Å². The van der Waals surface area contributed by atoms with E-state index in [2.05, 4.69) is 29.5 Å². The molecule has 0 aliphatic rings. The first-order valence-corrected chi connectivity index (χ1v) is 5.81. The number of halogens is 1. The summed E-state index contributed by atoms with van der Waals surface area (Å²) in [4.78, 5) is 11.0. The maximum absolute atomic E-state index is 11.0. The second-order valence-corrected chi connectivity index (χ2v) is 4.01. The van der Waals surface area contributed by atoms with Crippen molar-refractivity contribution >= 4 is 28.4 Å². The van der Waals surface area contributed by atoms with E-state index in [4.69, 9.17) is 0 Å². The van der Waals surface area contributed by atoms with Gasteiger partial charge in [-0.15, -0.1) is 0 Å². The Hall–Kier alpha value is 0.400. The summed E-state index contributed by atoms with van der Waals surface area (Å²) in [6, 6.07) is 0. The van der Waals surface area contributed by atoms with Crippen molar-refractivity contribution in [3.63, 3.8) is 0 Å². The average Bonchev–Trinajstić information content (AvgIpc) is 1.97. The van der Waals surface area contributed by atoms with Gasteiger partial charge in [0, 0.05) is 10.3 Å². The van der Waals surface area contributed by atoms with Gasteiger partial charge >= 0.3 is 0 Å². The summed E-state index contributed by atoms with van der Waals surface area (Å²) in [5.41, 5.74) is 0. The lowest BCUT2D eigenvalue weighted by molar-refractivity contribution is -0.121. The molecule has 0 spiro atoms. The molecule has 1 atom stereocenters. The molecule has 2 heteroatoms. The Morgan fingerprint density at radius 2 is 2.09 bits per heavy atom. The molecule has 0 aromatic rings. The molecule has 0 aliphatic heterocycles. The maximum atomic E-state index is 11.0. The zero-order valence-corrected chi connectivity index (χ0v) is 9.56. The van der Waals surface area contributed by atoms with Gasteiger partial charge < -0.3 is 0 Å². The third-order valence-corrected chi connectivity index (χ3v) is 2.56. The van der Waals surface area contributed by atoms with E-state index < -0.39 is 0 Å². The Morgan fingerprint density at radius 1 is 1.45 bits per heavy atom. The summed E-state index contributed by atoms with van der Waals surface area (Å²) in [6.45, 7) is 3.88. The first-order chi connectivity index (χ1) is 5.22. The normalized spacial score (nSPS) is 13.0. The lowest BCUT2D eigenvalue weighted by Gasteiger charge is -2.10. The molecule has 0 N–H and O–H groups in total. The molecule has 0 rings (SSSR count). The third-order valence-electron chi connectivity index (χ3n) is 1.94. The fourth-order valence-corrected chi connectivity index (χ4v) is 1.88. The predicted molar refractivity (Wildman–Crippen MR) is 57.2 cm³/mol. The van der Waals surface area contributed by atoms with Gasteiger partial charge in [-0.1, -0.05) is 42.4 Å². The van der Waals surface area contributed by atoms with Crippen LogP contribution < -0.4 is 0 Å². The van der Waals surface area contributed by atoms with Gasteiger partial charge in [-0.05, 0) is 19.8 Å². The van der Waals surface area contributed by atoms with Crippen LogP contribution in [-0.2, 0) is 4.79 Å². The minimum atomic E-state index is 0.340. The van der Waals surface area contributed by atoms with Gasteiger partial charge in [0.05, 0.1) is 0 Å². The van der Waals surface area contributed by atoms with Gasteiger partial charge in [0.25, 0.3) is 0 Å². The maximum Gasteiger partial charge on any atom is 0.132 e. The van der Waals surface area contributed by atoms with E-state index >= 15 is 0 Å². The summed E-state index contributed by atoms with van der Waals surface area (Å²) in [5.74, 6) is 0.710. The molecule has 0 aliphatic carbocycles. The van der Waals surface area contributed by atoms with E-state index in [1.807, 2.05) is 0 Å². The van der Waals surface area contributed by atoms with Gasteiger partial charge in [0.1, 0.15) is 5.78 Å². The highest BCUT2D eigenvalue weighted by molar-refractivity contribution is 14.1. The minimum Gasteiger partial charge on any atom is -0.300 e. The van der Waals surface area contributed by atoms with Crippen LogP contribution in [-0.4, -0.2) is 10.2 Å². The average molecular weight is 268 g/mol. The van der Waals surface area contributed by atoms with Crippen molar-refractivity contribution in [2.24, 2.45) is 5.92 Å². The van der Waals surface area contributed by atoms with Crippen molar-refractivity contribution in [3.8, 4) is 0 Å². The van der Waals surface area contributed by atoms with Crippen LogP contribution in [0.15, 0.2) is 0 Å². The highest BCUT2D eigenvalue weighted by atomic mass is 127. The van der Waals surface area contributed by atoms with Gasteiger partial charge in [-0.2, -0.15) is 0 Å². The molecule has 0 bridgehead atoms. The molecule has 0 fully saturated rings. The molecule has 66 valence electrons. The second-order valence-electron chi connectivity index (χ2n) is 2.93. The Bertz CT molecular complexity index is 112. The van der Waals surface area contributed by atoms with Gasteiger partial charge in [-0.3, -0.25) is 4.79 Å². The van der Waals surface area contributed by atoms with E-state index in [0.717, 1.165) is 17.3 Å². The van der Waals surface area contributed by atoms with E-state index in [-0.39, 0.29) is 0 Å².